The Morgan fingerprint density at radius 3 is 2.26 bits per heavy atom. The smallest absolute Gasteiger partial charge is 0.164 e. The molecule has 0 aliphatic heterocycles. The van der Waals surface area contributed by atoms with Gasteiger partial charge in [-0.3, -0.25) is 0 Å². The third-order valence-electron chi connectivity index (χ3n) is 2.83. The fraction of sp³-hybridized carbons (Fsp3) is 0. The average molecular weight is 273 g/mol. The maximum Gasteiger partial charge on any atom is 0.164 e. The molecule has 1 aromatic heterocycles. The average Bonchev–Trinajstić information content (AvgIpc) is 2.39. The van der Waals surface area contributed by atoms with Crippen molar-refractivity contribution in [2.24, 2.45) is 0 Å². The highest BCUT2D eigenvalue weighted by Gasteiger charge is 2.08. The van der Waals surface area contributed by atoms with Gasteiger partial charge in [0.2, 0.25) is 0 Å². The molecule has 5 heteroatoms. The van der Waals surface area contributed by atoms with Crippen LogP contribution >= 0.6 is 12.4 Å². The lowest BCUT2D eigenvalue weighted by Crippen LogP contribution is -1.99. The summed E-state index contributed by atoms with van der Waals surface area (Å²) in [7, 11) is 0. The van der Waals surface area contributed by atoms with Crippen molar-refractivity contribution in [3.63, 3.8) is 0 Å². The maximum absolute atomic E-state index is 5.95. The Labute approximate surface area is 116 Å². The Kier molecular flexibility index (Phi) is 3.53. The van der Waals surface area contributed by atoms with Crippen molar-refractivity contribution in [1.82, 2.24) is 9.97 Å². The van der Waals surface area contributed by atoms with Gasteiger partial charge in [0.25, 0.3) is 0 Å². The van der Waals surface area contributed by atoms with Gasteiger partial charge in [0.15, 0.2) is 5.82 Å². The molecule has 0 unspecified atom stereocenters. The van der Waals surface area contributed by atoms with Crippen molar-refractivity contribution in [1.29, 1.82) is 0 Å². The molecule has 0 bridgehead atoms. The maximum atomic E-state index is 5.95. The number of nitrogens with zero attached hydrogens (tertiary/aromatic N) is 2. The zero-order valence-corrected chi connectivity index (χ0v) is 10.9. The highest BCUT2D eigenvalue weighted by Crippen LogP contribution is 2.26. The van der Waals surface area contributed by atoms with Crippen molar-refractivity contribution >= 4 is 34.8 Å². The van der Waals surface area contributed by atoms with E-state index in [4.69, 9.17) is 11.5 Å². The summed E-state index contributed by atoms with van der Waals surface area (Å²) in [6.45, 7) is 0. The number of aromatic nitrogens is 2. The highest BCUT2D eigenvalue weighted by atomic mass is 35.5. The normalized spacial score (nSPS) is 10.1. The Bertz CT molecular complexity index is 727. The van der Waals surface area contributed by atoms with Crippen molar-refractivity contribution in [3.05, 3.63) is 48.5 Å². The lowest BCUT2D eigenvalue weighted by atomic mass is 10.1. The third kappa shape index (κ3) is 2.30. The van der Waals surface area contributed by atoms with Crippen molar-refractivity contribution in [2.45, 2.75) is 0 Å². The molecule has 0 fully saturated rings. The van der Waals surface area contributed by atoms with Crippen LogP contribution in [0.1, 0.15) is 0 Å². The van der Waals surface area contributed by atoms with Gasteiger partial charge in [0.1, 0.15) is 5.82 Å². The number of nitrogens with two attached hydrogens (primary N) is 2. The monoisotopic (exact) mass is 272 g/mol. The summed E-state index contributed by atoms with van der Waals surface area (Å²) < 4.78 is 0. The molecule has 0 amide bonds. The molecule has 3 rings (SSSR count). The van der Waals surface area contributed by atoms with Gasteiger partial charge in [-0.15, -0.1) is 12.4 Å². The van der Waals surface area contributed by atoms with E-state index in [0.717, 1.165) is 16.5 Å². The summed E-state index contributed by atoms with van der Waals surface area (Å²) in [5, 5.41) is 0.857. The number of nitrogen functional groups attached to an aromatic ring is 2. The Morgan fingerprint density at radius 2 is 1.47 bits per heavy atom. The molecule has 4 nitrogen and oxygen atoms in total. The van der Waals surface area contributed by atoms with E-state index in [2.05, 4.69) is 9.97 Å². The predicted octanol–water partition coefficient (Wildman–Crippen LogP) is 2.88. The molecule has 2 aromatic carbocycles. The van der Waals surface area contributed by atoms with Crippen LogP contribution < -0.4 is 11.5 Å². The molecule has 0 aliphatic rings. The van der Waals surface area contributed by atoms with Gasteiger partial charge in [-0.1, -0.05) is 24.3 Å². The molecule has 0 saturated carbocycles. The summed E-state index contributed by atoms with van der Waals surface area (Å²) in [5.41, 5.74) is 14.1. The van der Waals surface area contributed by atoms with Gasteiger partial charge in [-0.25, -0.2) is 9.97 Å². The first-order chi connectivity index (χ1) is 8.75. The van der Waals surface area contributed by atoms with Gasteiger partial charge in [-0.2, -0.15) is 0 Å². The molecule has 0 aliphatic carbocycles. The number of hydrogen-bond acceptors (Lipinski definition) is 4. The van der Waals surface area contributed by atoms with Crippen LogP contribution in [0.5, 0.6) is 0 Å². The predicted molar refractivity (Wildman–Crippen MR) is 81.0 cm³/mol. The van der Waals surface area contributed by atoms with E-state index in [-0.39, 0.29) is 12.4 Å². The summed E-state index contributed by atoms with van der Waals surface area (Å²) in [5.74, 6) is 1.03. The molecule has 19 heavy (non-hydrogen) atoms. The Balaban J connectivity index is 0.00000133. The first-order valence-corrected chi connectivity index (χ1v) is 5.63. The van der Waals surface area contributed by atoms with Crippen molar-refractivity contribution < 1.29 is 0 Å². The largest absolute Gasteiger partial charge is 0.398 e. The molecule has 4 N–H and O–H groups in total. The standard InChI is InChI=1S/C14H12N4.ClH/c15-11-7-3-1-5-9(11)14-17-12-8-4-2-6-10(12)13(16)18-14;/h1-8H,15H2,(H2,16,17,18);1H. The van der Waals surface area contributed by atoms with Crippen LogP contribution in [0.4, 0.5) is 11.5 Å². The van der Waals surface area contributed by atoms with E-state index in [1.54, 1.807) is 0 Å². The van der Waals surface area contributed by atoms with Crippen LogP contribution in [0.2, 0.25) is 0 Å². The number of hydrogen-bond donors (Lipinski definition) is 2. The molecule has 0 saturated heterocycles. The van der Waals surface area contributed by atoms with Crippen molar-refractivity contribution in [3.8, 4) is 11.4 Å². The van der Waals surface area contributed by atoms with E-state index in [1.807, 2.05) is 48.5 Å². The first-order valence-electron chi connectivity index (χ1n) is 5.63. The van der Waals surface area contributed by atoms with Crippen molar-refractivity contribution in [2.75, 3.05) is 11.5 Å². The Hall–Kier alpha value is -2.33. The van der Waals surface area contributed by atoms with Gasteiger partial charge in [0.05, 0.1) is 5.52 Å². The minimum absolute atomic E-state index is 0. The molecule has 1 heterocycles. The number of benzene rings is 2. The zero-order chi connectivity index (χ0) is 12.5. The van der Waals surface area contributed by atoms with E-state index in [1.165, 1.54) is 0 Å². The summed E-state index contributed by atoms with van der Waals surface area (Å²) in [4.78, 5) is 8.82. The molecular formula is C14H13ClN4. The van der Waals surface area contributed by atoms with Gasteiger partial charge >= 0.3 is 0 Å². The molecule has 96 valence electrons. The minimum Gasteiger partial charge on any atom is -0.398 e. The molecule has 0 radical (unpaired) electrons. The number of fused-ring (bicyclic) bond motifs is 1. The van der Waals surface area contributed by atoms with Crippen LogP contribution in [-0.2, 0) is 0 Å². The second kappa shape index (κ2) is 5.12. The number of halogens is 1. The molecule has 3 aromatic rings. The second-order valence-electron chi connectivity index (χ2n) is 4.04. The van der Waals surface area contributed by atoms with E-state index in [0.29, 0.717) is 17.3 Å². The zero-order valence-electron chi connectivity index (χ0n) is 10.1. The summed E-state index contributed by atoms with van der Waals surface area (Å²) in [6, 6.07) is 15.1. The van der Waals surface area contributed by atoms with Gasteiger partial charge < -0.3 is 11.5 Å². The van der Waals surface area contributed by atoms with Crippen LogP contribution in [-0.4, -0.2) is 9.97 Å². The highest BCUT2D eigenvalue weighted by molar-refractivity contribution is 5.90. The molecule has 0 spiro atoms. The molecule has 0 atom stereocenters. The van der Waals surface area contributed by atoms with Crippen LogP contribution in [0.15, 0.2) is 48.5 Å². The van der Waals surface area contributed by atoms with Crippen LogP contribution in [0.3, 0.4) is 0 Å². The first kappa shape index (κ1) is 13.1. The number of para-hydroxylation sites is 2. The van der Waals surface area contributed by atoms with E-state index >= 15 is 0 Å². The van der Waals surface area contributed by atoms with Gasteiger partial charge in [0, 0.05) is 16.6 Å². The minimum atomic E-state index is 0. The third-order valence-corrected chi connectivity index (χ3v) is 2.83. The van der Waals surface area contributed by atoms with E-state index < -0.39 is 0 Å². The fourth-order valence-electron chi connectivity index (χ4n) is 1.92. The SMILES string of the molecule is Cl.Nc1ccccc1-c1nc(N)c2ccccc2n1. The number of anilines is 2. The second-order valence-corrected chi connectivity index (χ2v) is 4.04. The summed E-state index contributed by atoms with van der Waals surface area (Å²) in [6.07, 6.45) is 0. The lowest BCUT2D eigenvalue weighted by molar-refractivity contribution is 1.23. The Morgan fingerprint density at radius 1 is 0.789 bits per heavy atom. The summed E-state index contributed by atoms with van der Waals surface area (Å²) >= 11 is 0. The van der Waals surface area contributed by atoms with Crippen LogP contribution in [0, 0.1) is 0 Å². The quantitative estimate of drug-likeness (QED) is 0.668. The topological polar surface area (TPSA) is 77.8 Å². The molecular weight excluding hydrogens is 260 g/mol. The van der Waals surface area contributed by atoms with Gasteiger partial charge in [-0.05, 0) is 24.3 Å². The van der Waals surface area contributed by atoms with Crippen LogP contribution in [0.25, 0.3) is 22.3 Å². The van der Waals surface area contributed by atoms with E-state index in [9.17, 15) is 0 Å². The fourth-order valence-corrected chi connectivity index (χ4v) is 1.92. The lowest BCUT2D eigenvalue weighted by Gasteiger charge is -2.07. The number of rotatable bonds is 1.